The number of aromatic nitrogens is 1. The SMILES string of the molecule is COC(=O)n1ccoccc2ccccc21. The van der Waals surface area contributed by atoms with E-state index < -0.39 is 6.09 Å². The molecule has 0 amide bonds. The molecule has 2 rings (SSSR count). The topological polar surface area (TPSA) is 44.4 Å². The van der Waals surface area contributed by atoms with Crippen LogP contribution in [0.3, 0.4) is 0 Å². The zero-order chi connectivity index (χ0) is 11.4. The lowest BCUT2D eigenvalue weighted by atomic mass is 10.2. The molecule has 82 valence electrons. The van der Waals surface area contributed by atoms with Gasteiger partial charge in [-0.2, -0.15) is 0 Å². The molecule has 0 spiro atoms. The number of fused-ring (bicyclic) bond motifs is 1. The van der Waals surface area contributed by atoms with Crippen LogP contribution in [0.1, 0.15) is 0 Å². The minimum Gasteiger partial charge on any atom is -0.471 e. The van der Waals surface area contributed by atoms with Crippen molar-refractivity contribution in [2.24, 2.45) is 0 Å². The van der Waals surface area contributed by atoms with Crippen molar-refractivity contribution in [3.05, 3.63) is 49.1 Å². The number of benzene rings is 1. The predicted molar refractivity (Wildman–Crippen MR) is 59.6 cm³/mol. The number of carbonyl (C=O) groups is 1. The minimum absolute atomic E-state index is 0.456. The Labute approximate surface area is 92.4 Å². The molecule has 4 heteroatoms. The van der Waals surface area contributed by atoms with Gasteiger partial charge in [0.25, 0.3) is 0 Å². The quantitative estimate of drug-likeness (QED) is 0.681. The van der Waals surface area contributed by atoms with Gasteiger partial charge < -0.3 is 9.15 Å². The third-order valence-electron chi connectivity index (χ3n) is 2.18. The predicted octanol–water partition coefficient (Wildman–Crippen LogP) is 2.97. The Hall–Kier alpha value is -2.23. The summed E-state index contributed by atoms with van der Waals surface area (Å²) in [6, 6.07) is 9.27. The second-order valence-corrected chi connectivity index (χ2v) is 3.12. The first-order chi connectivity index (χ1) is 7.83. The van der Waals surface area contributed by atoms with Crippen molar-refractivity contribution in [3.63, 3.8) is 0 Å². The summed E-state index contributed by atoms with van der Waals surface area (Å²) in [6.45, 7) is 0. The van der Waals surface area contributed by atoms with E-state index in [0.717, 1.165) is 10.9 Å². The highest BCUT2D eigenvalue weighted by Gasteiger charge is 2.03. The highest BCUT2D eigenvalue weighted by molar-refractivity contribution is 5.86. The normalized spacial score (nSPS) is 9.81. The third-order valence-corrected chi connectivity index (χ3v) is 2.18. The fourth-order valence-corrected chi connectivity index (χ4v) is 1.44. The minimum atomic E-state index is -0.456. The van der Waals surface area contributed by atoms with Gasteiger partial charge in [-0.1, -0.05) is 18.2 Å². The van der Waals surface area contributed by atoms with Crippen LogP contribution < -0.4 is 0 Å². The van der Waals surface area contributed by atoms with Crippen molar-refractivity contribution >= 4 is 17.0 Å². The Morgan fingerprint density at radius 3 is 2.88 bits per heavy atom. The molecule has 0 unspecified atom stereocenters. The molecule has 0 N–H and O–H groups in total. The second-order valence-electron chi connectivity index (χ2n) is 3.12. The van der Waals surface area contributed by atoms with Gasteiger partial charge in [-0.15, -0.1) is 0 Å². The highest BCUT2D eigenvalue weighted by atomic mass is 16.5. The number of methoxy groups -OCH3 is 1. The molecule has 0 atom stereocenters. The number of nitrogens with zero attached hydrogens (tertiary/aromatic N) is 1. The summed E-state index contributed by atoms with van der Waals surface area (Å²) in [7, 11) is 1.34. The van der Waals surface area contributed by atoms with Gasteiger partial charge in [0.1, 0.15) is 6.26 Å². The zero-order valence-corrected chi connectivity index (χ0v) is 8.79. The molecule has 0 fully saturated rings. The second kappa shape index (κ2) is 4.53. The van der Waals surface area contributed by atoms with Crippen LogP contribution in [0.15, 0.2) is 53.5 Å². The van der Waals surface area contributed by atoms with Crippen LogP contribution >= 0.6 is 0 Å². The smallest absolute Gasteiger partial charge is 0.418 e. The molecule has 1 heterocycles. The van der Waals surface area contributed by atoms with Gasteiger partial charge in [-0.05, 0) is 12.1 Å². The van der Waals surface area contributed by atoms with Crippen molar-refractivity contribution < 1.29 is 13.9 Å². The summed E-state index contributed by atoms with van der Waals surface area (Å²) in [5.74, 6) is 0. The van der Waals surface area contributed by atoms with Gasteiger partial charge in [-0.3, -0.25) is 0 Å². The number of ether oxygens (including phenoxy) is 1. The molecule has 0 aliphatic carbocycles. The Kier molecular flexibility index (Phi) is 2.91. The van der Waals surface area contributed by atoms with Crippen LogP contribution in [0.4, 0.5) is 4.79 Å². The summed E-state index contributed by atoms with van der Waals surface area (Å²) in [5, 5.41) is 0.886. The molecule has 4 nitrogen and oxygen atoms in total. The summed E-state index contributed by atoms with van der Waals surface area (Å²) >= 11 is 0. The Morgan fingerprint density at radius 2 is 2.06 bits per heavy atom. The Morgan fingerprint density at radius 1 is 1.25 bits per heavy atom. The van der Waals surface area contributed by atoms with Crippen LogP contribution in [0.5, 0.6) is 0 Å². The summed E-state index contributed by atoms with van der Waals surface area (Å²) in [4.78, 5) is 11.6. The maximum atomic E-state index is 11.6. The molecule has 0 aliphatic heterocycles. The average molecular weight is 217 g/mol. The highest BCUT2D eigenvalue weighted by Crippen LogP contribution is 2.11. The Balaban J connectivity index is 2.82. The summed E-state index contributed by atoms with van der Waals surface area (Å²) < 4.78 is 11.1. The van der Waals surface area contributed by atoms with E-state index in [0.29, 0.717) is 0 Å². The van der Waals surface area contributed by atoms with E-state index in [-0.39, 0.29) is 0 Å². The zero-order valence-electron chi connectivity index (χ0n) is 8.79. The number of rotatable bonds is 0. The van der Waals surface area contributed by atoms with Crippen LogP contribution in [-0.2, 0) is 4.74 Å². The number of hydrogen-bond donors (Lipinski definition) is 0. The lowest BCUT2D eigenvalue weighted by Gasteiger charge is -2.05. The molecule has 1 aromatic heterocycles. The molecule has 2 aromatic rings. The van der Waals surface area contributed by atoms with E-state index in [1.165, 1.54) is 24.1 Å². The Bertz CT molecular complexity index is 552. The van der Waals surface area contributed by atoms with Gasteiger partial charge >= 0.3 is 6.09 Å². The van der Waals surface area contributed by atoms with E-state index in [2.05, 4.69) is 0 Å². The molecule has 0 saturated heterocycles. The van der Waals surface area contributed by atoms with Crippen LogP contribution in [0.25, 0.3) is 10.9 Å². The summed E-state index contributed by atoms with van der Waals surface area (Å²) in [6.07, 6.45) is 4.05. The molecule has 0 saturated carbocycles. The lowest BCUT2D eigenvalue weighted by Crippen LogP contribution is -2.11. The van der Waals surface area contributed by atoms with Gasteiger partial charge in [0, 0.05) is 5.39 Å². The molecule has 0 radical (unpaired) electrons. The van der Waals surface area contributed by atoms with Crippen LogP contribution in [0, 0.1) is 0 Å². The van der Waals surface area contributed by atoms with Gasteiger partial charge in [0.15, 0.2) is 0 Å². The number of carbonyl (C=O) groups excluding carboxylic acids is 1. The first-order valence-corrected chi connectivity index (χ1v) is 4.78. The molecule has 16 heavy (non-hydrogen) atoms. The van der Waals surface area contributed by atoms with E-state index in [1.54, 1.807) is 12.3 Å². The molecule has 1 aromatic carbocycles. The lowest BCUT2D eigenvalue weighted by molar-refractivity contribution is 0.173. The molecular weight excluding hydrogens is 206 g/mol. The largest absolute Gasteiger partial charge is 0.471 e. The van der Waals surface area contributed by atoms with Crippen LogP contribution in [0.2, 0.25) is 0 Å². The maximum absolute atomic E-state index is 11.6. The van der Waals surface area contributed by atoms with Crippen molar-refractivity contribution in [1.82, 2.24) is 4.57 Å². The monoisotopic (exact) mass is 217 g/mol. The molecule has 0 bridgehead atoms. The van der Waals surface area contributed by atoms with Gasteiger partial charge in [0.05, 0.1) is 25.1 Å². The maximum Gasteiger partial charge on any atom is 0.418 e. The number of hydrogen-bond acceptors (Lipinski definition) is 3. The number of para-hydroxylation sites is 1. The van der Waals surface area contributed by atoms with E-state index in [4.69, 9.17) is 9.15 Å². The van der Waals surface area contributed by atoms with Crippen molar-refractivity contribution in [3.8, 4) is 0 Å². The van der Waals surface area contributed by atoms with Crippen LogP contribution in [-0.4, -0.2) is 17.8 Å². The standard InChI is InChI=1S/C12H11NO3/c1-15-12(14)13-7-9-16-8-6-10-4-2-3-5-11(10)13/h2-9H,1H3. The van der Waals surface area contributed by atoms with Gasteiger partial charge in [0.2, 0.25) is 0 Å². The van der Waals surface area contributed by atoms with Crippen molar-refractivity contribution in [2.45, 2.75) is 0 Å². The first-order valence-electron chi connectivity index (χ1n) is 4.78. The van der Waals surface area contributed by atoms with Crippen molar-refractivity contribution in [1.29, 1.82) is 0 Å². The van der Waals surface area contributed by atoms with E-state index in [1.807, 2.05) is 24.3 Å². The fraction of sp³-hybridized carbons (Fsp3) is 0.0833. The summed E-state index contributed by atoms with van der Waals surface area (Å²) in [5.41, 5.74) is 0.755. The average Bonchev–Trinajstić information content (AvgIpc) is 2.29. The van der Waals surface area contributed by atoms with E-state index >= 15 is 0 Å². The third kappa shape index (κ3) is 1.91. The molecule has 0 aliphatic rings. The first kappa shape index (κ1) is 10.3. The van der Waals surface area contributed by atoms with Gasteiger partial charge in [-0.25, -0.2) is 9.36 Å². The van der Waals surface area contributed by atoms with Crippen molar-refractivity contribution in [2.75, 3.05) is 7.11 Å². The fourth-order valence-electron chi connectivity index (χ4n) is 1.44. The molecular formula is C12H11NO3. The van der Waals surface area contributed by atoms with E-state index in [9.17, 15) is 4.79 Å².